The predicted octanol–water partition coefficient (Wildman–Crippen LogP) is 5.25. The van der Waals surface area contributed by atoms with Crippen molar-refractivity contribution in [3.05, 3.63) is 0 Å². The molecule has 0 aliphatic heterocycles. The normalized spacial score (nSPS) is 15.1. The molecule has 6 nitrogen and oxygen atoms in total. The molecular formula is C17H30F6O6SSi. The summed E-state index contributed by atoms with van der Waals surface area (Å²) in [6.45, 7) is 5.85. The van der Waals surface area contributed by atoms with E-state index < -0.39 is 54.5 Å². The molecule has 14 heteroatoms. The number of rotatable bonds is 13. The van der Waals surface area contributed by atoms with Gasteiger partial charge in [-0.15, -0.1) is 0 Å². The summed E-state index contributed by atoms with van der Waals surface area (Å²) in [5.41, 5.74) is -5.34. The van der Waals surface area contributed by atoms with Crippen molar-refractivity contribution in [2.24, 2.45) is 0 Å². The molecule has 0 spiro atoms. The lowest BCUT2D eigenvalue weighted by Crippen LogP contribution is -2.63. The van der Waals surface area contributed by atoms with Crippen molar-refractivity contribution in [3.63, 3.8) is 0 Å². The van der Waals surface area contributed by atoms with E-state index in [2.05, 4.69) is 4.74 Å². The quantitative estimate of drug-likeness (QED) is 0.121. The fourth-order valence-electron chi connectivity index (χ4n) is 3.11. The van der Waals surface area contributed by atoms with Crippen molar-refractivity contribution >= 4 is 24.4 Å². The van der Waals surface area contributed by atoms with Crippen LogP contribution in [0.15, 0.2) is 0 Å². The molecule has 0 bridgehead atoms. The van der Waals surface area contributed by atoms with Crippen LogP contribution in [0.5, 0.6) is 0 Å². The molecule has 0 aromatic rings. The highest BCUT2D eigenvalue weighted by atomic mass is 32.2. The standard InChI is InChI=1S/C17H30F6O6SSi/c1-5-6-7-9-13(31(3,4)28-2)10-8-11-14(24)29-15(16(18,19)20,17(21,22)23)12-30(25,26)27/h13H,5-12H2,1-4H3,(H,25,26,27). The van der Waals surface area contributed by atoms with Crippen molar-refractivity contribution < 1.29 is 53.3 Å². The molecule has 0 heterocycles. The Kier molecular flexibility index (Phi) is 11.0. The molecule has 1 atom stereocenters. The smallest absolute Gasteiger partial charge is 0.438 e. The highest BCUT2D eigenvalue weighted by molar-refractivity contribution is 7.85. The van der Waals surface area contributed by atoms with E-state index in [1.165, 1.54) is 7.11 Å². The van der Waals surface area contributed by atoms with Gasteiger partial charge in [0.25, 0.3) is 10.1 Å². The first-order chi connectivity index (χ1) is 13.8. The van der Waals surface area contributed by atoms with Gasteiger partial charge in [-0.25, -0.2) is 0 Å². The Morgan fingerprint density at radius 1 is 1.00 bits per heavy atom. The number of alkyl halides is 6. The molecule has 1 unspecified atom stereocenters. The number of halogens is 6. The molecule has 0 saturated carbocycles. The van der Waals surface area contributed by atoms with Crippen LogP contribution in [0, 0.1) is 0 Å². The van der Waals surface area contributed by atoms with Gasteiger partial charge in [0, 0.05) is 13.5 Å². The summed E-state index contributed by atoms with van der Waals surface area (Å²) in [5, 5.41) is 0. The lowest BCUT2D eigenvalue weighted by atomic mass is 10.0. The van der Waals surface area contributed by atoms with Gasteiger partial charge in [0.2, 0.25) is 0 Å². The fourth-order valence-corrected chi connectivity index (χ4v) is 6.14. The van der Waals surface area contributed by atoms with Gasteiger partial charge in [0.15, 0.2) is 8.32 Å². The van der Waals surface area contributed by atoms with E-state index in [0.29, 0.717) is 6.42 Å². The first kappa shape index (κ1) is 30.1. The summed E-state index contributed by atoms with van der Waals surface area (Å²) in [5.74, 6) is -4.73. The van der Waals surface area contributed by atoms with Crippen molar-refractivity contribution in [2.45, 2.75) is 88.5 Å². The highest BCUT2D eigenvalue weighted by Crippen LogP contribution is 2.47. The Morgan fingerprint density at radius 2 is 1.48 bits per heavy atom. The van der Waals surface area contributed by atoms with Crippen molar-refractivity contribution in [1.82, 2.24) is 0 Å². The summed E-state index contributed by atoms with van der Waals surface area (Å²) in [6.07, 6.45) is -9.63. The van der Waals surface area contributed by atoms with Crippen molar-refractivity contribution in [1.29, 1.82) is 0 Å². The van der Waals surface area contributed by atoms with Crippen LogP contribution in [0.1, 0.15) is 51.9 Å². The van der Waals surface area contributed by atoms with E-state index in [9.17, 15) is 39.6 Å². The van der Waals surface area contributed by atoms with Gasteiger partial charge in [-0.3, -0.25) is 9.35 Å². The second-order valence-electron chi connectivity index (χ2n) is 7.92. The summed E-state index contributed by atoms with van der Waals surface area (Å²) in [6, 6.07) is 0. The number of esters is 1. The third-order valence-corrected chi connectivity index (χ3v) is 9.56. The Morgan fingerprint density at radius 3 is 1.87 bits per heavy atom. The van der Waals surface area contributed by atoms with E-state index in [1.54, 1.807) is 0 Å². The Balaban J connectivity index is 5.42. The summed E-state index contributed by atoms with van der Waals surface area (Å²) in [4.78, 5) is 11.9. The SMILES string of the molecule is CCCCCC(CCCC(=O)OC(CS(=O)(=O)O)(C(F)(F)F)C(F)(F)F)[Si](C)(C)OC. The molecule has 1 N–H and O–H groups in total. The third kappa shape index (κ3) is 9.26. The minimum atomic E-state index is -6.32. The molecule has 0 aliphatic rings. The van der Waals surface area contributed by atoms with E-state index in [1.807, 2.05) is 20.0 Å². The molecule has 0 radical (unpaired) electrons. The van der Waals surface area contributed by atoms with Crippen LogP contribution in [0.3, 0.4) is 0 Å². The lowest BCUT2D eigenvalue weighted by molar-refractivity contribution is -0.361. The van der Waals surface area contributed by atoms with Gasteiger partial charge in [-0.1, -0.05) is 39.0 Å². The lowest BCUT2D eigenvalue weighted by Gasteiger charge is -2.35. The average molecular weight is 505 g/mol. The van der Waals surface area contributed by atoms with E-state index in [4.69, 9.17) is 8.98 Å². The molecule has 0 aliphatic carbocycles. The van der Waals surface area contributed by atoms with Crippen LogP contribution in [0.25, 0.3) is 0 Å². The van der Waals surface area contributed by atoms with Crippen molar-refractivity contribution in [2.75, 3.05) is 12.9 Å². The average Bonchev–Trinajstić information content (AvgIpc) is 2.56. The number of carbonyl (C=O) groups is 1. The van der Waals surface area contributed by atoms with Crippen LogP contribution < -0.4 is 0 Å². The van der Waals surface area contributed by atoms with Gasteiger partial charge < -0.3 is 9.16 Å². The van der Waals surface area contributed by atoms with Crippen LogP contribution in [-0.2, 0) is 24.1 Å². The predicted molar refractivity (Wildman–Crippen MR) is 104 cm³/mol. The maximum Gasteiger partial charge on any atom is 0.438 e. The Labute approximate surface area is 179 Å². The van der Waals surface area contributed by atoms with E-state index in [-0.39, 0.29) is 12.0 Å². The molecule has 0 rings (SSSR count). The number of carbonyl (C=O) groups excluding carboxylic acids is 1. The molecule has 0 fully saturated rings. The minimum Gasteiger partial charge on any atom is -0.438 e. The van der Waals surface area contributed by atoms with Crippen LogP contribution in [0.2, 0.25) is 18.6 Å². The van der Waals surface area contributed by atoms with Crippen LogP contribution >= 0.6 is 0 Å². The number of unbranched alkanes of at least 4 members (excludes halogenated alkanes) is 2. The topological polar surface area (TPSA) is 89.9 Å². The summed E-state index contributed by atoms with van der Waals surface area (Å²) >= 11 is 0. The zero-order valence-electron chi connectivity index (χ0n) is 17.9. The van der Waals surface area contributed by atoms with Gasteiger partial charge in [0.1, 0.15) is 5.75 Å². The number of hydrogen-bond donors (Lipinski definition) is 1. The largest absolute Gasteiger partial charge is 0.438 e. The third-order valence-electron chi connectivity index (χ3n) is 5.19. The second kappa shape index (κ2) is 11.3. The van der Waals surface area contributed by atoms with Gasteiger partial charge in [-0.2, -0.15) is 34.8 Å². The van der Waals surface area contributed by atoms with E-state index in [0.717, 1.165) is 25.7 Å². The zero-order chi connectivity index (χ0) is 24.7. The van der Waals surface area contributed by atoms with Gasteiger partial charge in [-0.05, 0) is 25.1 Å². The van der Waals surface area contributed by atoms with Gasteiger partial charge in [0.05, 0.1) is 0 Å². The van der Waals surface area contributed by atoms with Gasteiger partial charge >= 0.3 is 23.9 Å². The summed E-state index contributed by atoms with van der Waals surface area (Å²) in [7, 11) is -6.45. The maximum absolute atomic E-state index is 13.2. The molecule has 0 aromatic carbocycles. The molecular weight excluding hydrogens is 474 g/mol. The monoisotopic (exact) mass is 504 g/mol. The van der Waals surface area contributed by atoms with Crippen LogP contribution in [-0.4, -0.2) is 58.1 Å². The zero-order valence-corrected chi connectivity index (χ0v) is 19.7. The van der Waals surface area contributed by atoms with E-state index >= 15 is 0 Å². The maximum atomic E-state index is 13.2. The first-order valence-corrected chi connectivity index (χ1v) is 14.3. The second-order valence-corrected chi connectivity index (χ2v) is 13.8. The van der Waals surface area contributed by atoms with Crippen LogP contribution in [0.4, 0.5) is 26.3 Å². The summed E-state index contributed by atoms with van der Waals surface area (Å²) < 4.78 is 119. The molecule has 0 saturated heterocycles. The highest BCUT2D eigenvalue weighted by Gasteiger charge is 2.75. The van der Waals surface area contributed by atoms with Crippen molar-refractivity contribution in [3.8, 4) is 0 Å². The molecule has 0 amide bonds. The Hall–Kier alpha value is -0.863. The molecule has 31 heavy (non-hydrogen) atoms. The number of hydrogen-bond acceptors (Lipinski definition) is 5. The Bertz CT molecular complexity index is 664. The molecule has 186 valence electrons. The first-order valence-electron chi connectivity index (χ1n) is 9.68. The molecule has 0 aromatic heterocycles. The number of ether oxygens (including phenoxy) is 1. The minimum absolute atomic E-state index is 0.0182. The fraction of sp³-hybridized carbons (Fsp3) is 0.941.